The predicted octanol–water partition coefficient (Wildman–Crippen LogP) is 2.50. The van der Waals surface area contributed by atoms with E-state index >= 15 is 0 Å². The van der Waals surface area contributed by atoms with Crippen LogP contribution >= 0.6 is 11.3 Å². The molecular formula is C14H15N3OS. The maximum absolute atomic E-state index is 11.9. The number of hydrogen-bond acceptors (Lipinski definition) is 4. The number of benzene rings is 1. The lowest BCUT2D eigenvalue weighted by Crippen LogP contribution is -2.35. The number of anilines is 1. The van der Waals surface area contributed by atoms with Crippen LogP contribution in [0.4, 0.5) is 5.69 Å². The third-order valence-electron chi connectivity index (χ3n) is 3.21. The van der Waals surface area contributed by atoms with Gasteiger partial charge >= 0.3 is 0 Å². The van der Waals surface area contributed by atoms with Crippen LogP contribution in [0, 0.1) is 0 Å². The molecule has 3 rings (SSSR count). The summed E-state index contributed by atoms with van der Waals surface area (Å²) in [4.78, 5) is 16.2. The van der Waals surface area contributed by atoms with Gasteiger partial charge in [0, 0.05) is 22.8 Å². The summed E-state index contributed by atoms with van der Waals surface area (Å²) in [6.45, 7) is 0.932. The molecule has 1 fully saturated rings. The van der Waals surface area contributed by atoms with E-state index in [4.69, 9.17) is 0 Å². The van der Waals surface area contributed by atoms with Crippen molar-refractivity contribution in [2.75, 3.05) is 11.9 Å². The van der Waals surface area contributed by atoms with Gasteiger partial charge in [0.1, 0.15) is 5.01 Å². The Balaban J connectivity index is 1.67. The summed E-state index contributed by atoms with van der Waals surface area (Å²) in [5.74, 6) is 0.0551. The van der Waals surface area contributed by atoms with Crippen molar-refractivity contribution in [1.29, 1.82) is 0 Å². The smallest absolute Gasteiger partial charge is 0.241 e. The van der Waals surface area contributed by atoms with Crippen molar-refractivity contribution in [2.45, 2.75) is 18.9 Å². The summed E-state index contributed by atoms with van der Waals surface area (Å²) >= 11 is 1.61. The van der Waals surface area contributed by atoms with E-state index in [1.165, 1.54) is 0 Å². The Bertz CT molecular complexity index is 545. The minimum Gasteiger partial charge on any atom is -0.325 e. The van der Waals surface area contributed by atoms with E-state index in [1.54, 1.807) is 17.5 Å². The monoisotopic (exact) mass is 273 g/mol. The molecule has 1 aliphatic heterocycles. The highest BCUT2D eigenvalue weighted by atomic mass is 32.1. The topological polar surface area (TPSA) is 54.0 Å². The quantitative estimate of drug-likeness (QED) is 0.903. The molecule has 1 saturated heterocycles. The van der Waals surface area contributed by atoms with Crippen LogP contribution in [0.3, 0.4) is 0 Å². The standard InChI is InChI=1S/C14H15N3OS/c18-13(12-2-1-7-15-12)17-11-5-3-10(4-6-11)14-16-8-9-19-14/h3-6,8-9,12,15H,1-2,7H2,(H,17,18). The Morgan fingerprint density at radius 1 is 1.37 bits per heavy atom. The highest BCUT2D eigenvalue weighted by molar-refractivity contribution is 7.13. The van der Waals surface area contributed by atoms with Gasteiger partial charge in [0.25, 0.3) is 0 Å². The molecule has 0 spiro atoms. The molecule has 2 heterocycles. The number of rotatable bonds is 3. The van der Waals surface area contributed by atoms with Crippen molar-refractivity contribution in [3.8, 4) is 10.6 Å². The van der Waals surface area contributed by atoms with Gasteiger partial charge < -0.3 is 10.6 Å². The Kier molecular flexibility index (Phi) is 3.57. The second-order valence-corrected chi connectivity index (χ2v) is 5.45. The van der Waals surface area contributed by atoms with Gasteiger partial charge in [-0.15, -0.1) is 11.3 Å². The second kappa shape index (κ2) is 5.50. The lowest BCUT2D eigenvalue weighted by atomic mass is 10.2. The van der Waals surface area contributed by atoms with Crippen LogP contribution in [0.15, 0.2) is 35.8 Å². The molecule has 98 valence electrons. The van der Waals surface area contributed by atoms with Crippen molar-refractivity contribution < 1.29 is 4.79 Å². The number of nitrogens with one attached hydrogen (secondary N) is 2. The molecule has 1 aliphatic rings. The molecule has 0 radical (unpaired) electrons. The van der Waals surface area contributed by atoms with Crippen molar-refractivity contribution in [2.24, 2.45) is 0 Å². The molecule has 0 aliphatic carbocycles. The zero-order chi connectivity index (χ0) is 13.1. The van der Waals surface area contributed by atoms with Crippen molar-refractivity contribution in [1.82, 2.24) is 10.3 Å². The number of nitrogens with zero attached hydrogens (tertiary/aromatic N) is 1. The average Bonchev–Trinajstić information content (AvgIpc) is 3.13. The summed E-state index contributed by atoms with van der Waals surface area (Å²) in [7, 11) is 0. The minimum absolute atomic E-state index is 0.0429. The summed E-state index contributed by atoms with van der Waals surface area (Å²) < 4.78 is 0. The normalized spacial score (nSPS) is 18.4. The highest BCUT2D eigenvalue weighted by Gasteiger charge is 2.21. The SMILES string of the molecule is O=C(Nc1ccc(-c2nccs2)cc1)C1CCCN1. The van der Waals surface area contributed by atoms with E-state index in [0.717, 1.165) is 35.6 Å². The van der Waals surface area contributed by atoms with Gasteiger partial charge in [-0.1, -0.05) is 0 Å². The third-order valence-corrected chi connectivity index (χ3v) is 4.03. The number of carbonyl (C=O) groups excluding carboxylic acids is 1. The van der Waals surface area contributed by atoms with Crippen molar-refractivity contribution >= 4 is 22.9 Å². The van der Waals surface area contributed by atoms with Crippen molar-refractivity contribution in [3.05, 3.63) is 35.8 Å². The highest BCUT2D eigenvalue weighted by Crippen LogP contribution is 2.23. The van der Waals surface area contributed by atoms with Gasteiger partial charge in [-0.2, -0.15) is 0 Å². The van der Waals surface area contributed by atoms with E-state index in [2.05, 4.69) is 15.6 Å². The summed E-state index contributed by atoms with van der Waals surface area (Å²) in [5, 5.41) is 9.08. The fourth-order valence-corrected chi connectivity index (χ4v) is 2.84. The first-order valence-corrected chi connectivity index (χ1v) is 7.25. The number of carbonyl (C=O) groups is 1. The summed E-state index contributed by atoms with van der Waals surface area (Å²) in [6, 6.07) is 7.76. The first-order valence-electron chi connectivity index (χ1n) is 6.37. The number of thiazole rings is 1. The van der Waals surface area contributed by atoms with Crippen LogP contribution in [-0.4, -0.2) is 23.5 Å². The first kappa shape index (κ1) is 12.3. The molecule has 0 saturated carbocycles. The first-order chi connectivity index (χ1) is 9.33. The van der Waals surface area contributed by atoms with Gasteiger partial charge in [-0.05, 0) is 43.7 Å². The van der Waals surface area contributed by atoms with Gasteiger partial charge in [-0.25, -0.2) is 4.98 Å². The van der Waals surface area contributed by atoms with Crippen LogP contribution in [0.25, 0.3) is 10.6 Å². The molecule has 1 unspecified atom stereocenters. The molecule has 2 N–H and O–H groups in total. The van der Waals surface area contributed by atoms with Crippen molar-refractivity contribution in [3.63, 3.8) is 0 Å². The number of aromatic nitrogens is 1. The molecule has 5 heteroatoms. The van der Waals surface area contributed by atoms with Crippen LogP contribution in [0.5, 0.6) is 0 Å². The molecule has 1 aromatic heterocycles. The molecule has 1 aromatic carbocycles. The van der Waals surface area contributed by atoms with Crippen LogP contribution in [0.2, 0.25) is 0 Å². The van der Waals surface area contributed by atoms with Gasteiger partial charge in [0.05, 0.1) is 6.04 Å². The Labute approximate surface area is 115 Å². The zero-order valence-electron chi connectivity index (χ0n) is 10.4. The Hall–Kier alpha value is -1.72. The van der Waals surface area contributed by atoms with Gasteiger partial charge in [-0.3, -0.25) is 4.79 Å². The van der Waals surface area contributed by atoms with Crippen LogP contribution < -0.4 is 10.6 Å². The Morgan fingerprint density at radius 2 is 2.21 bits per heavy atom. The van der Waals surface area contributed by atoms with E-state index in [9.17, 15) is 4.79 Å². The van der Waals surface area contributed by atoms with Gasteiger partial charge in [0.15, 0.2) is 0 Å². The Morgan fingerprint density at radius 3 is 2.84 bits per heavy atom. The van der Waals surface area contributed by atoms with E-state index < -0.39 is 0 Å². The summed E-state index contributed by atoms with van der Waals surface area (Å²) in [5.41, 5.74) is 1.91. The third kappa shape index (κ3) is 2.83. The maximum Gasteiger partial charge on any atom is 0.241 e. The van der Waals surface area contributed by atoms with Crippen LogP contribution in [0.1, 0.15) is 12.8 Å². The minimum atomic E-state index is -0.0429. The largest absolute Gasteiger partial charge is 0.325 e. The molecule has 0 bridgehead atoms. The van der Waals surface area contributed by atoms with E-state index in [0.29, 0.717) is 0 Å². The van der Waals surface area contributed by atoms with E-state index in [-0.39, 0.29) is 11.9 Å². The average molecular weight is 273 g/mol. The lowest BCUT2D eigenvalue weighted by Gasteiger charge is -2.11. The molecular weight excluding hydrogens is 258 g/mol. The molecule has 1 atom stereocenters. The lowest BCUT2D eigenvalue weighted by molar-refractivity contribution is -0.117. The molecule has 2 aromatic rings. The maximum atomic E-state index is 11.9. The predicted molar refractivity (Wildman–Crippen MR) is 77.2 cm³/mol. The fraction of sp³-hybridized carbons (Fsp3) is 0.286. The molecule has 19 heavy (non-hydrogen) atoms. The van der Waals surface area contributed by atoms with E-state index in [1.807, 2.05) is 29.6 Å². The second-order valence-electron chi connectivity index (χ2n) is 4.55. The van der Waals surface area contributed by atoms with Crippen LogP contribution in [-0.2, 0) is 4.79 Å². The number of amides is 1. The fourth-order valence-electron chi connectivity index (χ4n) is 2.20. The number of hydrogen-bond donors (Lipinski definition) is 2. The molecule has 4 nitrogen and oxygen atoms in total. The zero-order valence-corrected chi connectivity index (χ0v) is 11.2. The molecule has 1 amide bonds. The summed E-state index contributed by atoms with van der Waals surface area (Å²) in [6.07, 6.45) is 3.78. The van der Waals surface area contributed by atoms with Gasteiger partial charge in [0.2, 0.25) is 5.91 Å².